The fraction of sp³-hybridized carbons (Fsp3) is 0.958. The van der Waals surface area contributed by atoms with Crippen molar-refractivity contribution in [1.29, 1.82) is 0 Å². The Balaban J connectivity index is 1.51. The van der Waals surface area contributed by atoms with Crippen LogP contribution in [0, 0.1) is 46.3 Å². The van der Waals surface area contributed by atoms with Gasteiger partial charge in [-0.1, -0.05) is 20.8 Å². The number of carboxylic acid groups (broad SMARTS) is 1. The molecule has 0 unspecified atom stereocenters. The monoisotopic (exact) mass is 391 g/mol. The summed E-state index contributed by atoms with van der Waals surface area (Å²) in [7, 11) is 0. The van der Waals surface area contributed by atoms with E-state index in [2.05, 4.69) is 26.1 Å². The molecule has 4 heteroatoms. The third-order valence-electron chi connectivity index (χ3n) is 10.1. The number of aliphatic hydroxyl groups excluding tert-OH is 1. The summed E-state index contributed by atoms with van der Waals surface area (Å²) in [5, 5.41) is 23.8. The van der Waals surface area contributed by atoms with Crippen molar-refractivity contribution in [2.75, 3.05) is 13.1 Å². The summed E-state index contributed by atoms with van der Waals surface area (Å²) >= 11 is 0. The van der Waals surface area contributed by atoms with E-state index in [1.54, 1.807) is 0 Å². The fourth-order valence-corrected chi connectivity index (χ4v) is 8.61. The van der Waals surface area contributed by atoms with Crippen LogP contribution in [0.4, 0.5) is 0 Å². The number of carbonyl (C=O) groups is 1. The maximum Gasteiger partial charge on any atom is 0.303 e. The second-order valence-corrected chi connectivity index (χ2v) is 11.2. The summed E-state index contributed by atoms with van der Waals surface area (Å²) in [5.74, 6) is 3.07. The molecule has 1 aliphatic heterocycles. The van der Waals surface area contributed by atoms with Crippen molar-refractivity contribution < 1.29 is 15.0 Å². The van der Waals surface area contributed by atoms with Crippen molar-refractivity contribution in [3.63, 3.8) is 0 Å². The predicted molar refractivity (Wildman–Crippen MR) is 111 cm³/mol. The van der Waals surface area contributed by atoms with E-state index in [1.807, 2.05) is 0 Å². The van der Waals surface area contributed by atoms with Crippen LogP contribution >= 0.6 is 0 Å². The maximum atomic E-state index is 11.3. The number of nitrogens with one attached hydrogen (secondary N) is 1. The number of piperidine rings is 1. The molecule has 1 heterocycles. The number of hydrogen-bond donors (Lipinski definition) is 3. The summed E-state index contributed by atoms with van der Waals surface area (Å²) in [6.07, 6.45) is 9.36. The van der Waals surface area contributed by atoms with Gasteiger partial charge in [-0.05, 0) is 111 Å². The number of rotatable bonds is 5. The minimum atomic E-state index is -0.668. The minimum Gasteiger partial charge on any atom is -0.481 e. The van der Waals surface area contributed by atoms with Crippen LogP contribution in [0.3, 0.4) is 0 Å². The van der Waals surface area contributed by atoms with E-state index < -0.39 is 5.97 Å². The Morgan fingerprint density at radius 3 is 2.64 bits per heavy atom. The van der Waals surface area contributed by atoms with Crippen LogP contribution in [-0.4, -0.2) is 35.4 Å². The van der Waals surface area contributed by atoms with E-state index in [1.165, 1.54) is 32.1 Å². The van der Waals surface area contributed by atoms with Gasteiger partial charge in [-0.25, -0.2) is 0 Å². The highest BCUT2D eigenvalue weighted by Crippen LogP contribution is 2.67. The first-order valence-electron chi connectivity index (χ1n) is 11.9. The number of carboxylic acids is 1. The lowest BCUT2D eigenvalue weighted by Crippen LogP contribution is -2.60. The summed E-state index contributed by atoms with van der Waals surface area (Å²) < 4.78 is 0. The molecule has 1 saturated heterocycles. The van der Waals surface area contributed by atoms with Crippen molar-refractivity contribution >= 4 is 5.97 Å². The third kappa shape index (κ3) is 3.23. The van der Waals surface area contributed by atoms with Gasteiger partial charge < -0.3 is 15.5 Å². The Labute approximate surface area is 170 Å². The molecule has 3 aliphatic carbocycles. The number of hydrogen-bond acceptors (Lipinski definition) is 3. The lowest BCUT2D eigenvalue weighted by atomic mass is 9.45. The van der Waals surface area contributed by atoms with Crippen molar-refractivity contribution in [3.05, 3.63) is 0 Å². The van der Waals surface area contributed by atoms with Crippen molar-refractivity contribution in [2.45, 2.75) is 84.7 Å². The SMILES string of the molecule is C[C@H](CCCC(=O)O)[C@H]1CC[C@H]2[C@@H]3[C@@H](O)C[C@@H]4CNCC[C@]4(C)[C@H]3CC[C@]12C. The van der Waals surface area contributed by atoms with E-state index in [0.29, 0.717) is 52.8 Å². The van der Waals surface area contributed by atoms with Gasteiger partial charge in [0, 0.05) is 6.42 Å². The zero-order valence-corrected chi connectivity index (χ0v) is 18.1. The van der Waals surface area contributed by atoms with Gasteiger partial charge in [0.1, 0.15) is 0 Å². The van der Waals surface area contributed by atoms with Gasteiger partial charge in [0.15, 0.2) is 0 Å². The molecule has 28 heavy (non-hydrogen) atoms. The van der Waals surface area contributed by atoms with Gasteiger partial charge in [0.2, 0.25) is 0 Å². The Bertz CT molecular complexity index is 594. The minimum absolute atomic E-state index is 0.131. The molecular formula is C24H41NO3. The van der Waals surface area contributed by atoms with Gasteiger partial charge in [-0.3, -0.25) is 4.79 Å². The Hall–Kier alpha value is -0.610. The van der Waals surface area contributed by atoms with Crippen LogP contribution in [0.1, 0.15) is 78.6 Å². The summed E-state index contributed by atoms with van der Waals surface area (Å²) in [4.78, 5) is 10.9. The fourth-order valence-electron chi connectivity index (χ4n) is 8.61. The lowest BCUT2D eigenvalue weighted by Gasteiger charge is -2.62. The molecule has 0 bridgehead atoms. The van der Waals surface area contributed by atoms with Crippen molar-refractivity contribution in [1.82, 2.24) is 5.32 Å². The van der Waals surface area contributed by atoms with Crippen LogP contribution in [0.2, 0.25) is 0 Å². The van der Waals surface area contributed by atoms with Crippen molar-refractivity contribution in [3.8, 4) is 0 Å². The van der Waals surface area contributed by atoms with Crippen LogP contribution in [0.15, 0.2) is 0 Å². The Morgan fingerprint density at radius 2 is 1.89 bits per heavy atom. The van der Waals surface area contributed by atoms with Gasteiger partial charge in [-0.15, -0.1) is 0 Å². The van der Waals surface area contributed by atoms with Crippen LogP contribution in [0.25, 0.3) is 0 Å². The molecule has 3 saturated carbocycles. The highest BCUT2D eigenvalue weighted by molar-refractivity contribution is 5.66. The molecule has 0 amide bonds. The van der Waals surface area contributed by atoms with E-state index >= 15 is 0 Å². The molecule has 4 nitrogen and oxygen atoms in total. The highest BCUT2D eigenvalue weighted by atomic mass is 16.4. The average molecular weight is 392 g/mol. The number of aliphatic carboxylic acids is 1. The van der Waals surface area contributed by atoms with Gasteiger partial charge in [0.05, 0.1) is 6.10 Å². The molecule has 4 fully saturated rings. The molecule has 0 radical (unpaired) electrons. The van der Waals surface area contributed by atoms with Gasteiger partial charge in [-0.2, -0.15) is 0 Å². The second kappa shape index (κ2) is 7.58. The zero-order valence-electron chi connectivity index (χ0n) is 18.1. The molecule has 0 aromatic carbocycles. The molecular weight excluding hydrogens is 350 g/mol. The Morgan fingerprint density at radius 1 is 1.14 bits per heavy atom. The molecule has 4 rings (SSSR count). The average Bonchev–Trinajstić information content (AvgIpc) is 2.99. The van der Waals surface area contributed by atoms with Crippen LogP contribution in [0.5, 0.6) is 0 Å². The third-order valence-corrected chi connectivity index (χ3v) is 10.1. The van der Waals surface area contributed by atoms with E-state index in [4.69, 9.17) is 5.11 Å². The quantitative estimate of drug-likeness (QED) is 0.653. The first-order chi connectivity index (χ1) is 13.3. The normalized spacial score (nSPS) is 49.0. The topological polar surface area (TPSA) is 69.6 Å². The zero-order chi connectivity index (χ0) is 20.1. The molecule has 160 valence electrons. The maximum absolute atomic E-state index is 11.3. The standard InChI is InChI=1S/C24H41NO3/c1-15(5-4-6-21(27)28)17-7-8-18-22-19(9-10-24(17,18)3)23(2)11-12-25-14-16(23)13-20(22)26/h15-20,22,25-26H,4-14H2,1-3H3,(H,27,28)/t15-,16-,17-,18+,19+,20+,22+,23+,24-/m1/s1. The Kier molecular flexibility index (Phi) is 5.59. The second-order valence-electron chi connectivity index (χ2n) is 11.2. The summed E-state index contributed by atoms with van der Waals surface area (Å²) in [6.45, 7) is 9.63. The molecule has 0 aromatic rings. The molecule has 3 N–H and O–H groups in total. The van der Waals surface area contributed by atoms with Crippen LogP contribution < -0.4 is 5.32 Å². The first kappa shape index (κ1) is 20.7. The van der Waals surface area contributed by atoms with E-state index in [0.717, 1.165) is 32.4 Å². The number of aliphatic hydroxyl groups is 1. The van der Waals surface area contributed by atoms with E-state index in [-0.39, 0.29) is 6.10 Å². The molecule has 9 atom stereocenters. The van der Waals surface area contributed by atoms with Crippen molar-refractivity contribution in [2.24, 2.45) is 46.3 Å². The molecule has 4 aliphatic rings. The predicted octanol–water partition coefficient (Wildman–Crippen LogP) is 4.32. The van der Waals surface area contributed by atoms with E-state index in [9.17, 15) is 9.90 Å². The number of fused-ring (bicyclic) bond motifs is 5. The summed E-state index contributed by atoms with van der Waals surface area (Å²) in [5.41, 5.74) is 0.739. The first-order valence-corrected chi connectivity index (χ1v) is 11.9. The lowest BCUT2D eigenvalue weighted by molar-refractivity contribution is -0.161. The largest absolute Gasteiger partial charge is 0.481 e. The highest BCUT2D eigenvalue weighted by Gasteiger charge is 2.62. The molecule has 0 aromatic heterocycles. The van der Waals surface area contributed by atoms with Gasteiger partial charge in [0.25, 0.3) is 0 Å². The summed E-state index contributed by atoms with van der Waals surface area (Å²) in [6, 6.07) is 0. The van der Waals surface area contributed by atoms with Crippen LogP contribution in [-0.2, 0) is 4.79 Å². The van der Waals surface area contributed by atoms with Gasteiger partial charge >= 0.3 is 5.97 Å². The smallest absolute Gasteiger partial charge is 0.303 e. The molecule has 0 spiro atoms.